The molecule has 1 aromatic carbocycles. The maximum atomic E-state index is 12.3. The van der Waals surface area contributed by atoms with Gasteiger partial charge in [0.15, 0.2) is 4.77 Å². The van der Waals surface area contributed by atoms with E-state index in [2.05, 4.69) is 10.2 Å². The number of benzene rings is 1. The SMILES string of the molecule is NC(=O)Cn1c(C2CC(=O)N(Cc3ccccc3)C2)n[nH]c1=S. The summed E-state index contributed by atoms with van der Waals surface area (Å²) in [6.07, 6.45) is 0.352. The molecule has 1 atom stereocenters. The topological polar surface area (TPSA) is 97.0 Å². The van der Waals surface area contributed by atoms with Crippen LogP contribution in [0.5, 0.6) is 0 Å². The molecule has 0 saturated carbocycles. The van der Waals surface area contributed by atoms with E-state index in [9.17, 15) is 9.59 Å². The number of nitrogens with two attached hydrogens (primary N) is 1. The van der Waals surface area contributed by atoms with Gasteiger partial charge in [0.2, 0.25) is 11.8 Å². The predicted octanol–water partition coefficient (Wildman–Crippen LogP) is 0.942. The summed E-state index contributed by atoms with van der Waals surface area (Å²) in [6.45, 7) is 1.08. The van der Waals surface area contributed by atoms with Gasteiger partial charge in [-0.15, -0.1) is 0 Å². The third-order valence-electron chi connectivity index (χ3n) is 3.90. The number of hydrogen-bond donors (Lipinski definition) is 2. The van der Waals surface area contributed by atoms with Crippen LogP contribution in [0.3, 0.4) is 0 Å². The van der Waals surface area contributed by atoms with Crippen LogP contribution in [-0.2, 0) is 22.7 Å². The zero-order valence-corrected chi connectivity index (χ0v) is 13.3. The summed E-state index contributed by atoms with van der Waals surface area (Å²) >= 11 is 5.13. The van der Waals surface area contributed by atoms with E-state index >= 15 is 0 Å². The Kier molecular flexibility index (Phi) is 4.24. The van der Waals surface area contributed by atoms with Crippen molar-refractivity contribution in [1.82, 2.24) is 19.7 Å². The van der Waals surface area contributed by atoms with Crippen molar-refractivity contribution in [3.05, 3.63) is 46.5 Å². The lowest BCUT2D eigenvalue weighted by Crippen LogP contribution is -2.25. The van der Waals surface area contributed by atoms with Gasteiger partial charge in [0.05, 0.1) is 0 Å². The molecule has 1 aromatic heterocycles. The standard InChI is InChI=1S/C15H17N5O2S/c16-12(21)9-20-14(17-18-15(20)23)11-6-13(22)19(8-11)7-10-4-2-1-3-5-10/h1-5,11H,6-9H2,(H2,16,21)(H,18,23). The normalized spacial score (nSPS) is 17.7. The monoisotopic (exact) mass is 331 g/mol. The van der Waals surface area contributed by atoms with Crippen LogP contribution in [0.15, 0.2) is 30.3 Å². The summed E-state index contributed by atoms with van der Waals surface area (Å²) in [4.78, 5) is 25.3. The number of aromatic nitrogens is 3. The number of nitrogens with zero attached hydrogens (tertiary/aromatic N) is 3. The van der Waals surface area contributed by atoms with Gasteiger partial charge in [0, 0.05) is 25.4 Å². The summed E-state index contributed by atoms with van der Waals surface area (Å²) in [7, 11) is 0. The van der Waals surface area contributed by atoms with Crippen LogP contribution in [0.2, 0.25) is 0 Å². The lowest BCUT2D eigenvalue weighted by Gasteiger charge is -2.16. The Bertz CT molecular complexity index is 783. The Hall–Kier alpha value is -2.48. The molecule has 1 aliphatic rings. The molecule has 23 heavy (non-hydrogen) atoms. The largest absolute Gasteiger partial charge is 0.368 e. The summed E-state index contributed by atoms with van der Waals surface area (Å²) in [5.41, 5.74) is 6.33. The molecular formula is C15H17N5O2S. The highest BCUT2D eigenvalue weighted by Gasteiger charge is 2.33. The molecule has 3 rings (SSSR count). The fourth-order valence-corrected chi connectivity index (χ4v) is 3.06. The van der Waals surface area contributed by atoms with Gasteiger partial charge in [0.1, 0.15) is 12.4 Å². The van der Waals surface area contributed by atoms with E-state index in [1.165, 1.54) is 0 Å². The zero-order chi connectivity index (χ0) is 16.4. The molecular weight excluding hydrogens is 314 g/mol. The number of likely N-dealkylation sites (tertiary alicyclic amines) is 1. The fourth-order valence-electron chi connectivity index (χ4n) is 2.85. The van der Waals surface area contributed by atoms with Crippen molar-refractivity contribution < 1.29 is 9.59 Å². The van der Waals surface area contributed by atoms with Crippen LogP contribution in [0.4, 0.5) is 0 Å². The number of primary amides is 1. The highest BCUT2D eigenvalue weighted by atomic mass is 32.1. The Morgan fingerprint density at radius 2 is 2.13 bits per heavy atom. The van der Waals surface area contributed by atoms with Crippen LogP contribution < -0.4 is 5.73 Å². The summed E-state index contributed by atoms with van der Waals surface area (Å²) in [5.74, 6) is 0.0869. The minimum absolute atomic E-state index is 0.0337. The first kappa shape index (κ1) is 15.4. The predicted molar refractivity (Wildman–Crippen MR) is 85.8 cm³/mol. The van der Waals surface area contributed by atoms with Crippen LogP contribution >= 0.6 is 12.2 Å². The van der Waals surface area contributed by atoms with Crippen LogP contribution in [0, 0.1) is 4.77 Å². The second kappa shape index (κ2) is 6.33. The second-order valence-electron chi connectivity index (χ2n) is 5.60. The number of aromatic amines is 1. The maximum absolute atomic E-state index is 12.3. The second-order valence-corrected chi connectivity index (χ2v) is 5.99. The van der Waals surface area contributed by atoms with Gasteiger partial charge < -0.3 is 10.6 Å². The maximum Gasteiger partial charge on any atom is 0.237 e. The summed E-state index contributed by atoms with van der Waals surface area (Å²) in [5, 5.41) is 6.86. The van der Waals surface area contributed by atoms with Crippen molar-refractivity contribution in [2.75, 3.05) is 6.54 Å². The first-order chi connectivity index (χ1) is 11.0. The molecule has 1 unspecified atom stereocenters. The Morgan fingerprint density at radius 3 is 2.83 bits per heavy atom. The third kappa shape index (κ3) is 3.31. The smallest absolute Gasteiger partial charge is 0.237 e. The first-order valence-electron chi connectivity index (χ1n) is 7.29. The number of rotatable bonds is 5. The van der Waals surface area contributed by atoms with Crippen LogP contribution in [-0.4, -0.2) is 38.0 Å². The molecule has 0 radical (unpaired) electrons. The molecule has 2 aromatic rings. The molecule has 0 spiro atoms. The van der Waals surface area contributed by atoms with Gasteiger partial charge in [-0.25, -0.2) is 0 Å². The van der Waals surface area contributed by atoms with Gasteiger partial charge in [0.25, 0.3) is 0 Å². The molecule has 120 valence electrons. The number of carbonyl (C=O) groups is 2. The number of nitrogens with one attached hydrogen (secondary N) is 1. The zero-order valence-electron chi connectivity index (χ0n) is 12.4. The van der Waals surface area contributed by atoms with Gasteiger partial charge >= 0.3 is 0 Å². The van der Waals surface area contributed by atoms with E-state index < -0.39 is 5.91 Å². The summed E-state index contributed by atoms with van der Waals surface area (Å²) < 4.78 is 1.91. The average Bonchev–Trinajstić information content (AvgIpc) is 3.04. The lowest BCUT2D eigenvalue weighted by molar-refractivity contribution is -0.128. The van der Waals surface area contributed by atoms with Crippen molar-refractivity contribution in [2.24, 2.45) is 5.73 Å². The van der Waals surface area contributed by atoms with E-state index in [4.69, 9.17) is 18.0 Å². The van der Waals surface area contributed by atoms with Crippen LogP contribution in [0.25, 0.3) is 0 Å². The quantitative estimate of drug-likeness (QED) is 0.797. The minimum atomic E-state index is -0.491. The molecule has 1 saturated heterocycles. The number of amides is 2. The molecule has 1 aliphatic heterocycles. The third-order valence-corrected chi connectivity index (χ3v) is 4.21. The van der Waals surface area contributed by atoms with Gasteiger partial charge in [-0.1, -0.05) is 30.3 Å². The number of H-pyrrole nitrogens is 1. The van der Waals surface area contributed by atoms with Gasteiger partial charge in [-0.2, -0.15) is 5.10 Å². The van der Waals surface area contributed by atoms with E-state index in [0.717, 1.165) is 5.56 Å². The molecule has 1 fully saturated rings. The highest BCUT2D eigenvalue weighted by molar-refractivity contribution is 7.71. The number of carbonyl (C=O) groups excluding carboxylic acids is 2. The number of hydrogen-bond acceptors (Lipinski definition) is 4. The molecule has 2 amide bonds. The van der Waals surface area contributed by atoms with E-state index in [1.807, 2.05) is 30.3 Å². The van der Waals surface area contributed by atoms with Crippen molar-refractivity contribution in [3.63, 3.8) is 0 Å². The average molecular weight is 331 g/mol. The Morgan fingerprint density at radius 1 is 1.39 bits per heavy atom. The highest BCUT2D eigenvalue weighted by Crippen LogP contribution is 2.28. The van der Waals surface area contributed by atoms with E-state index in [-0.39, 0.29) is 18.4 Å². The Balaban J connectivity index is 1.78. The van der Waals surface area contributed by atoms with Crippen LogP contribution in [0.1, 0.15) is 23.7 Å². The molecule has 8 heteroatoms. The van der Waals surface area contributed by atoms with E-state index in [1.54, 1.807) is 9.47 Å². The lowest BCUT2D eigenvalue weighted by atomic mass is 10.1. The van der Waals surface area contributed by atoms with Crippen molar-refractivity contribution in [2.45, 2.75) is 25.4 Å². The van der Waals surface area contributed by atoms with E-state index in [0.29, 0.717) is 30.1 Å². The Labute approximate surface area is 138 Å². The molecule has 3 N–H and O–H groups in total. The minimum Gasteiger partial charge on any atom is -0.368 e. The molecule has 0 bridgehead atoms. The molecule has 0 aliphatic carbocycles. The van der Waals surface area contributed by atoms with Crippen molar-refractivity contribution >= 4 is 24.0 Å². The molecule has 2 heterocycles. The summed E-state index contributed by atoms with van der Waals surface area (Å²) in [6, 6.07) is 9.82. The van der Waals surface area contributed by atoms with Crippen molar-refractivity contribution in [1.29, 1.82) is 0 Å². The van der Waals surface area contributed by atoms with Gasteiger partial charge in [-0.05, 0) is 17.8 Å². The fraction of sp³-hybridized carbons (Fsp3) is 0.333. The molecule has 7 nitrogen and oxygen atoms in total. The van der Waals surface area contributed by atoms with Gasteiger partial charge in [-0.3, -0.25) is 19.3 Å². The van der Waals surface area contributed by atoms with Crippen molar-refractivity contribution in [3.8, 4) is 0 Å². The first-order valence-corrected chi connectivity index (χ1v) is 7.70.